The quantitative estimate of drug-likeness (QED) is 0.452. The minimum atomic E-state index is -2.24. The van der Waals surface area contributed by atoms with E-state index in [-0.39, 0.29) is 5.97 Å². The molecule has 0 heterocycles. The lowest BCUT2D eigenvalue weighted by molar-refractivity contribution is -0.132. The lowest BCUT2D eigenvalue weighted by atomic mass is 10.3. The van der Waals surface area contributed by atoms with Crippen LogP contribution in [-0.2, 0) is 9.53 Å². The zero-order valence-corrected chi connectivity index (χ0v) is 15.9. The summed E-state index contributed by atoms with van der Waals surface area (Å²) >= 11 is 0. The fourth-order valence-corrected chi connectivity index (χ4v) is 6.72. The molecule has 1 rings (SSSR count). The van der Waals surface area contributed by atoms with Crippen molar-refractivity contribution < 1.29 is 9.53 Å². The summed E-state index contributed by atoms with van der Waals surface area (Å²) in [5.74, 6) is -0.367. The van der Waals surface area contributed by atoms with Crippen molar-refractivity contribution >= 4 is 30.5 Å². The van der Waals surface area contributed by atoms with Gasteiger partial charge in [0.25, 0.3) is 0 Å². The predicted molar refractivity (Wildman–Crippen MR) is 99.6 cm³/mol. The molecule has 0 aliphatic carbocycles. The average molecular weight is 338 g/mol. The highest BCUT2D eigenvalue weighted by atomic mass is 31.2. The molecule has 0 amide bonds. The van der Waals surface area contributed by atoms with Gasteiger partial charge in [0.1, 0.15) is 5.29 Å². The van der Waals surface area contributed by atoms with E-state index in [0.29, 0.717) is 5.29 Å². The Morgan fingerprint density at radius 1 is 1.00 bits per heavy atom. The van der Waals surface area contributed by atoms with Crippen molar-refractivity contribution in [3.63, 3.8) is 0 Å². The normalized spacial score (nSPS) is 12.4. The lowest BCUT2D eigenvalue weighted by Gasteiger charge is -2.44. The van der Waals surface area contributed by atoms with Crippen molar-refractivity contribution in [3.05, 3.63) is 30.3 Å². The molecule has 6 nitrogen and oxygen atoms in total. The Kier molecular flexibility index (Phi) is 7.16. The van der Waals surface area contributed by atoms with Gasteiger partial charge in [0.05, 0.1) is 20.1 Å². The third-order valence-electron chi connectivity index (χ3n) is 3.48. The summed E-state index contributed by atoms with van der Waals surface area (Å²) in [6.45, 7) is 0. The van der Waals surface area contributed by atoms with E-state index in [9.17, 15) is 4.79 Å². The van der Waals surface area contributed by atoms with Gasteiger partial charge in [-0.2, -0.15) is 0 Å². The number of benzene rings is 1. The van der Waals surface area contributed by atoms with E-state index in [2.05, 4.69) is 19.0 Å². The van der Waals surface area contributed by atoms with Crippen LogP contribution in [0, 0.1) is 0 Å². The average Bonchev–Trinajstić information content (AvgIpc) is 2.50. The Morgan fingerprint density at radius 2 is 1.48 bits per heavy atom. The van der Waals surface area contributed by atoms with Gasteiger partial charge in [0.2, 0.25) is 0 Å². The minimum Gasteiger partial charge on any atom is -0.465 e. The van der Waals surface area contributed by atoms with Gasteiger partial charge >= 0.3 is 5.97 Å². The van der Waals surface area contributed by atoms with E-state index in [1.807, 2.05) is 72.6 Å². The molecule has 0 aromatic heterocycles. The first-order valence-corrected chi connectivity index (χ1v) is 8.90. The molecule has 0 aliphatic heterocycles. The van der Waals surface area contributed by atoms with Crippen LogP contribution in [0.4, 0.5) is 5.69 Å². The van der Waals surface area contributed by atoms with Gasteiger partial charge in [-0.15, -0.1) is 0 Å². The van der Waals surface area contributed by atoms with E-state index in [1.165, 1.54) is 7.11 Å². The molecular formula is C16H27N4O2P. The Bertz CT molecular complexity index is 581. The lowest BCUT2D eigenvalue weighted by Crippen LogP contribution is -2.38. The SMILES string of the molecule is COC(=O)C(C=Nc1ccccc1)=P(N(C)C)(N(C)C)N(C)C. The van der Waals surface area contributed by atoms with Gasteiger partial charge in [0, 0.05) is 6.21 Å². The third-order valence-corrected chi connectivity index (χ3v) is 7.77. The van der Waals surface area contributed by atoms with Crippen LogP contribution in [0.2, 0.25) is 0 Å². The van der Waals surface area contributed by atoms with E-state index in [0.717, 1.165) is 5.69 Å². The van der Waals surface area contributed by atoms with E-state index in [1.54, 1.807) is 6.21 Å². The number of carbonyl (C=O) groups is 1. The molecule has 0 bridgehead atoms. The Hall–Kier alpha value is -1.46. The highest BCUT2D eigenvalue weighted by Gasteiger charge is 2.34. The van der Waals surface area contributed by atoms with Crippen molar-refractivity contribution in [2.45, 2.75) is 0 Å². The molecule has 7 heteroatoms. The number of para-hydroxylation sites is 1. The zero-order valence-electron chi connectivity index (χ0n) is 15.0. The van der Waals surface area contributed by atoms with Crippen molar-refractivity contribution in [1.82, 2.24) is 14.0 Å². The van der Waals surface area contributed by atoms with Crippen LogP contribution in [0.15, 0.2) is 35.3 Å². The molecule has 0 spiro atoms. The number of rotatable bonds is 6. The summed E-state index contributed by atoms with van der Waals surface area (Å²) in [6.07, 6.45) is 1.63. The topological polar surface area (TPSA) is 48.4 Å². The summed E-state index contributed by atoms with van der Waals surface area (Å²) in [5, 5.41) is 0.545. The number of nitrogens with zero attached hydrogens (tertiary/aromatic N) is 4. The number of methoxy groups -OCH3 is 1. The Labute approximate surface area is 139 Å². The second-order valence-corrected chi connectivity index (χ2v) is 9.60. The highest BCUT2D eigenvalue weighted by Crippen LogP contribution is 2.54. The summed E-state index contributed by atoms with van der Waals surface area (Å²) in [4.78, 5) is 17.0. The molecule has 1 aromatic rings. The maximum atomic E-state index is 12.5. The number of aliphatic imine (C=N–C) groups is 1. The van der Waals surface area contributed by atoms with Crippen molar-refractivity contribution in [2.24, 2.45) is 4.99 Å². The highest BCUT2D eigenvalue weighted by molar-refractivity contribution is 7.73. The Balaban J connectivity index is 3.64. The van der Waals surface area contributed by atoms with Gasteiger partial charge in [0.15, 0.2) is 0 Å². The summed E-state index contributed by atoms with van der Waals surface area (Å²) in [5.41, 5.74) is 0.795. The van der Waals surface area contributed by atoms with Crippen molar-refractivity contribution in [3.8, 4) is 0 Å². The van der Waals surface area contributed by atoms with Crippen LogP contribution in [0.1, 0.15) is 0 Å². The monoisotopic (exact) mass is 338 g/mol. The van der Waals surface area contributed by atoms with Crippen molar-refractivity contribution in [1.29, 1.82) is 0 Å². The third kappa shape index (κ3) is 4.09. The molecule has 23 heavy (non-hydrogen) atoms. The first-order valence-electron chi connectivity index (χ1n) is 7.25. The summed E-state index contributed by atoms with van der Waals surface area (Å²) in [6, 6.07) is 9.55. The summed E-state index contributed by atoms with van der Waals surface area (Å²) in [7, 11) is 11.0. The zero-order chi connectivity index (χ0) is 17.6. The number of hydrogen-bond donors (Lipinski definition) is 0. The first-order chi connectivity index (χ1) is 10.8. The first kappa shape index (κ1) is 19.6. The number of ether oxygens (including phenoxy) is 1. The molecule has 0 N–H and O–H groups in total. The van der Waals surface area contributed by atoms with Crippen LogP contribution < -0.4 is 0 Å². The van der Waals surface area contributed by atoms with Crippen LogP contribution in [0.5, 0.6) is 0 Å². The molecular weight excluding hydrogens is 311 g/mol. The molecule has 128 valence electrons. The largest absolute Gasteiger partial charge is 0.465 e. The molecule has 0 aliphatic rings. The van der Waals surface area contributed by atoms with Crippen LogP contribution >= 0.6 is 7.34 Å². The van der Waals surface area contributed by atoms with Gasteiger partial charge in [-0.25, -0.2) is 4.79 Å². The molecule has 0 saturated heterocycles. The van der Waals surface area contributed by atoms with Gasteiger partial charge in [-0.3, -0.25) is 19.0 Å². The van der Waals surface area contributed by atoms with Gasteiger partial charge in [-0.05, 0) is 54.4 Å². The molecule has 0 saturated carbocycles. The number of hydrogen-bond acceptors (Lipinski definition) is 6. The van der Waals surface area contributed by atoms with E-state index < -0.39 is 7.34 Å². The number of carbonyl (C=O) groups excluding carboxylic acids is 1. The molecule has 0 atom stereocenters. The Morgan fingerprint density at radius 3 is 1.87 bits per heavy atom. The standard InChI is InChI=1S/C16H27N4O2P/c1-18(2)23(19(3)4,20(5)6)15(16(21)22-7)13-17-14-11-9-8-10-12-14/h8-13H,1-7H3. The molecule has 1 aromatic carbocycles. The van der Waals surface area contributed by atoms with Crippen LogP contribution in [0.25, 0.3) is 0 Å². The van der Waals surface area contributed by atoms with E-state index in [4.69, 9.17) is 4.74 Å². The smallest absolute Gasteiger partial charge is 0.343 e. The maximum absolute atomic E-state index is 12.5. The van der Waals surface area contributed by atoms with Crippen LogP contribution in [-0.4, -0.2) is 80.9 Å². The molecule has 0 fully saturated rings. The molecule has 0 unspecified atom stereocenters. The maximum Gasteiger partial charge on any atom is 0.343 e. The molecule has 0 radical (unpaired) electrons. The fourth-order valence-electron chi connectivity index (χ4n) is 2.73. The van der Waals surface area contributed by atoms with Gasteiger partial charge in [-0.1, -0.05) is 18.2 Å². The van der Waals surface area contributed by atoms with Gasteiger partial charge < -0.3 is 4.74 Å². The summed E-state index contributed by atoms with van der Waals surface area (Å²) < 4.78 is 11.2. The fraction of sp³-hybridized carbons (Fsp3) is 0.438. The predicted octanol–water partition coefficient (Wildman–Crippen LogP) is 2.18. The van der Waals surface area contributed by atoms with Crippen LogP contribution in [0.3, 0.4) is 0 Å². The second-order valence-electron chi connectivity index (χ2n) is 5.58. The number of esters is 1. The van der Waals surface area contributed by atoms with Crippen molar-refractivity contribution in [2.75, 3.05) is 49.4 Å². The van der Waals surface area contributed by atoms with E-state index >= 15 is 0 Å². The second kappa shape index (κ2) is 8.41. The minimum absolute atomic E-state index is 0.367.